The number of carbonyl (C=O) groups is 2. The van der Waals surface area contributed by atoms with Gasteiger partial charge in [0.1, 0.15) is 5.60 Å². The highest BCUT2D eigenvalue weighted by molar-refractivity contribution is 6.07. The minimum atomic E-state index is -0.644. The SMILES string of the molecule is CC(C)(C)OC(=O)N1CCC(=NO)CC1=O. The fourth-order valence-corrected chi connectivity index (χ4v) is 1.32. The van der Waals surface area contributed by atoms with E-state index in [1.807, 2.05) is 0 Å². The Balaban J connectivity index is 2.63. The molecule has 6 nitrogen and oxygen atoms in total. The first-order chi connectivity index (χ1) is 7.33. The van der Waals surface area contributed by atoms with E-state index in [1.165, 1.54) is 0 Å². The number of imide groups is 1. The summed E-state index contributed by atoms with van der Waals surface area (Å²) in [4.78, 5) is 24.2. The Kier molecular flexibility index (Phi) is 3.51. The van der Waals surface area contributed by atoms with Crippen molar-refractivity contribution in [1.29, 1.82) is 0 Å². The number of amides is 2. The number of piperidine rings is 1. The van der Waals surface area contributed by atoms with Crippen LogP contribution in [-0.4, -0.2) is 40.0 Å². The van der Waals surface area contributed by atoms with Crippen molar-refractivity contribution < 1.29 is 19.5 Å². The molecule has 2 amide bonds. The summed E-state index contributed by atoms with van der Waals surface area (Å²) in [5, 5.41) is 11.5. The van der Waals surface area contributed by atoms with Gasteiger partial charge in [-0.15, -0.1) is 0 Å². The van der Waals surface area contributed by atoms with Crippen LogP contribution in [0.5, 0.6) is 0 Å². The van der Waals surface area contributed by atoms with Crippen LogP contribution in [0.15, 0.2) is 5.16 Å². The fraction of sp³-hybridized carbons (Fsp3) is 0.700. The maximum atomic E-state index is 11.6. The van der Waals surface area contributed by atoms with Crippen molar-refractivity contribution in [3.8, 4) is 0 Å². The highest BCUT2D eigenvalue weighted by atomic mass is 16.6. The zero-order valence-electron chi connectivity index (χ0n) is 9.69. The number of likely N-dealkylation sites (tertiary alicyclic amines) is 1. The van der Waals surface area contributed by atoms with E-state index >= 15 is 0 Å². The van der Waals surface area contributed by atoms with Gasteiger partial charge in [0.25, 0.3) is 0 Å². The van der Waals surface area contributed by atoms with E-state index in [9.17, 15) is 9.59 Å². The molecule has 1 heterocycles. The van der Waals surface area contributed by atoms with Gasteiger partial charge in [0.15, 0.2) is 0 Å². The summed E-state index contributed by atoms with van der Waals surface area (Å²) < 4.78 is 5.08. The molecule has 0 aliphatic carbocycles. The third-order valence-corrected chi connectivity index (χ3v) is 2.04. The Morgan fingerprint density at radius 3 is 2.56 bits per heavy atom. The summed E-state index contributed by atoms with van der Waals surface area (Å²) in [5.74, 6) is -0.395. The first-order valence-corrected chi connectivity index (χ1v) is 5.06. The second-order valence-corrected chi connectivity index (χ2v) is 4.62. The molecule has 1 N–H and O–H groups in total. The van der Waals surface area contributed by atoms with Crippen LogP contribution in [0, 0.1) is 0 Å². The van der Waals surface area contributed by atoms with Crippen LogP contribution in [0.4, 0.5) is 4.79 Å². The molecule has 0 radical (unpaired) electrons. The minimum absolute atomic E-state index is 0.0320. The van der Waals surface area contributed by atoms with E-state index in [4.69, 9.17) is 9.94 Å². The van der Waals surface area contributed by atoms with Crippen molar-refractivity contribution in [3.63, 3.8) is 0 Å². The zero-order chi connectivity index (χ0) is 12.3. The Morgan fingerprint density at radius 1 is 1.50 bits per heavy atom. The molecule has 1 fully saturated rings. The van der Waals surface area contributed by atoms with Gasteiger partial charge in [0.2, 0.25) is 5.91 Å². The summed E-state index contributed by atoms with van der Waals surface area (Å²) in [5.41, 5.74) is -0.229. The first kappa shape index (κ1) is 12.5. The topological polar surface area (TPSA) is 79.2 Å². The highest BCUT2D eigenvalue weighted by Crippen LogP contribution is 2.14. The van der Waals surface area contributed by atoms with Crippen molar-refractivity contribution in [1.82, 2.24) is 4.90 Å². The Morgan fingerprint density at radius 2 is 2.12 bits per heavy atom. The largest absolute Gasteiger partial charge is 0.443 e. The average molecular weight is 228 g/mol. The van der Waals surface area contributed by atoms with Gasteiger partial charge in [-0.25, -0.2) is 9.69 Å². The number of nitrogens with zero attached hydrogens (tertiary/aromatic N) is 2. The van der Waals surface area contributed by atoms with Gasteiger partial charge in [0.05, 0.1) is 12.1 Å². The molecule has 0 bridgehead atoms. The molecular weight excluding hydrogens is 212 g/mol. The molecule has 0 aromatic rings. The quantitative estimate of drug-likeness (QED) is 0.501. The molecule has 0 aromatic carbocycles. The van der Waals surface area contributed by atoms with Crippen LogP contribution < -0.4 is 0 Å². The molecule has 0 saturated carbocycles. The van der Waals surface area contributed by atoms with E-state index < -0.39 is 17.6 Å². The standard InChI is InChI=1S/C10H16N2O4/c1-10(2,3)16-9(14)12-5-4-7(11-15)6-8(12)13/h15H,4-6H2,1-3H3. The lowest BCUT2D eigenvalue weighted by atomic mass is 10.1. The predicted octanol–water partition coefficient (Wildman–Crippen LogP) is 1.37. The van der Waals surface area contributed by atoms with Crippen LogP contribution >= 0.6 is 0 Å². The van der Waals surface area contributed by atoms with Crippen molar-refractivity contribution in [2.24, 2.45) is 5.16 Å². The van der Waals surface area contributed by atoms with Crippen molar-refractivity contribution >= 4 is 17.7 Å². The Labute approximate surface area is 93.9 Å². The van der Waals surface area contributed by atoms with Gasteiger partial charge in [-0.3, -0.25) is 4.79 Å². The summed E-state index contributed by atoms with van der Waals surface area (Å²) >= 11 is 0. The highest BCUT2D eigenvalue weighted by Gasteiger charge is 2.31. The van der Waals surface area contributed by atoms with Crippen LogP contribution in [-0.2, 0) is 9.53 Å². The smallest absolute Gasteiger partial charge is 0.417 e. The van der Waals surface area contributed by atoms with Gasteiger partial charge < -0.3 is 9.94 Å². The Bertz CT molecular complexity index is 330. The molecule has 6 heteroatoms. The third kappa shape index (κ3) is 3.22. The zero-order valence-corrected chi connectivity index (χ0v) is 9.69. The average Bonchev–Trinajstić information content (AvgIpc) is 2.14. The number of ether oxygens (including phenoxy) is 1. The fourth-order valence-electron chi connectivity index (χ4n) is 1.32. The third-order valence-electron chi connectivity index (χ3n) is 2.04. The predicted molar refractivity (Wildman–Crippen MR) is 56.4 cm³/mol. The van der Waals surface area contributed by atoms with Gasteiger partial charge in [-0.2, -0.15) is 0 Å². The van der Waals surface area contributed by atoms with Crippen LogP contribution in [0.3, 0.4) is 0 Å². The number of carbonyl (C=O) groups excluding carboxylic acids is 2. The second-order valence-electron chi connectivity index (χ2n) is 4.62. The van der Waals surface area contributed by atoms with Gasteiger partial charge in [-0.1, -0.05) is 5.16 Å². The normalized spacial score (nSPS) is 20.1. The lowest BCUT2D eigenvalue weighted by molar-refractivity contribution is -0.129. The molecule has 1 aliphatic heterocycles. The summed E-state index contributed by atoms with van der Waals surface area (Å²) in [6.45, 7) is 5.41. The maximum absolute atomic E-state index is 11.6. The summed E-state index contributed by atoms with van der Waals surface area (Å²) in [6.07, 6.45) is -0.286. The van der Waals surface area contributed by atoms with Gasteiger partial charge in [-0.05, 0) is 20.8 Å². The van der Waals surface area contributed by atoms with Crippen molar-refractivity contribution in [3.05, 3.63) is 0 Å². The van der Waals surface area contributed by atoms with E-state index in [2.05, 4.69) is 5.16 Å². The van der Waals surface area contributed by atoms with Crippen molar-refractivity contribution in [2.45, 2.75) is 39.2 Å². The van der Waals surface area contributed by atoms with E-state index in [0.717, 1.165) is 4.90 Å². The molecular formula is C10H16N2O4. The lowest BCUT2D eigenvalue weighted by Gasteiger charge is -2.28. The summed E-state index contributed by atoms with van der Waals surface area (Å²) in [6, 6.07) is 0. The Hall–Kier alpha value is -1.59. The first-order valence-electron chi connectivity index (χ1n) is 5.06. The molecule has 0 aromatic heterocycles. The molecule has 1 aliphatic rings. The number of hydrogen-bond acceptors (Lipinski definition) is 5. The monoisotopic (exact) mass is 228 g/mol. The van der Waals surface area contributed by atoms with Gasteiger partial charge >= 0.3 is 6.09 Å². The maximum Gasteiger partial charge on any atom is 0.417 e. The number of oxime groups is 1. The number of rotatable bonds is 0. The van der Waals surface area contributed by atoms with E-state index in [-0.39, 0.29) is 13.0 Å². The van der Waals surface area contributed by atoms with E-state index in [0.29, 0.717) is 12.1 Å². The van der Waals surface area contributed by atoms with Crippen molar-refractivity contribution in [2.75, 3.05) is 6.54 Å². The second kappa shape index (κ2) is 4.51. The molecule has 90 valence electrons. The molecule has 16 heavy (non-hydrogen) atoms. The van der Waals surface area contributed by atoms with Gasteiger partial charge in [0, 0.05) is 13.0 Å². The molecule has 0 spiro atoms. The van der Waals surface area contributed by atoms with Crippen LogP contribution in [0.25, 0.3) is 0 Å². The van der Waals surface area contributed by atoms with E-state index in [1.54, 1.807) is 20.8 Å². The summed E-state index contributed by atoms with van der Waals surface area (Å²) in [7, 11) is 0. The molecule has 1 saturated heterocycles. The minimum Gasteiger partial charge on any atom is -0.443 e. The number of hydrogen-bond donors (Lipinski definition) is 1. The molecule has 1 rings (SSSR count). The van der Waals surface area contributed by atoms with Crippen LogP contribution in [0.1, 0.15) is 33.6 Å². The molecule has 0 atom stereocenters. The van der Waals surface area contributed by atoms with Crippen LogP contribution in [0.2, 0.25) is 0 Å². The molecule has 0 unspecified atom stereocenters. The lowest BCUT2D eigenvalue weighted by Crippen LogP contribution is -2.45.